The van der Waals surface area contributed by atoms with Gasteiger partial charge in [0.1, 0.15) is 36.3 Å². The molecule has 29 heteroatoms. The van der Waals surface area contributed by atoms with Crippen LogP contribution in [0.25, 0.3) is 11.2 Å². The van der Waals surface area contributed by atoms with E-state index in [2.05, 4.69) is 34.4 Å². The predicted molar refractivity (Wildman–Crippen MR) is 202 cm³/mol. The van der Waals surface area contributed by atoms with E-state index in [1.165, 1.54) is 13.8 Å². The number of fused-ring (bicyclic) bond motifs is 1. The maximum Gasteiger partial charge on any atom is 0.481 e. The first-order chi connectivity index (χ1) is 26.9. The fraction of sp³-hybridized carbons (Fsp3) is 0.724. The number of unbranched alkanes of at least 4 members (excludes halogenated alkanes) is 2. The number of hydrogen-bond acceptors (Lipinski definition) is 19. The van der Waals surface area contributed by atoms with E-state index in [0.29, 0.717) is 6.42 Å². The smallest absolute Gasteiger partial charge is 0.393 e. The minimum atomic E-state index is -5.58. The number of amides is 2. The average Bonchev–Trinajstić information content (AvgIpc) is 3.68. The molecule has 330 valence electrons. The molecule has 3 rings (SSSR count). The number of nitrogen functional groups attached to an aromatic ring is 1. The number of aliphatic hydroxyl groups is 3. The maximum absolute atomic E-state index is 12.7. The van der Waals surface area contributed by atoms with Gasteiger partial charge in [0.05, 0.1) is 25.6 Å². The summed E-state index contributed by atoms with van der Waals surface area (Å²) in [5.74, 6) is -1.23. The number of aliphatic hydroxyl groups excluding tert-OH is 3. The molecule has 11 N–H and O–H groups in total. The normalized spacial score (nSPS) is 21.9. The third kappa shape index (κ3) is 15.8. The highest BCUT2D eigenvalue weighted by Gasteiger charge is 2.50. The van der Waals surface area contributed by atoms with Crippen LogP contribution in [-0.2, 0) is 50.7 Å². The Labute approximate surface area is 336 Å². The number of nitrogens with two attached hydrogens (primary N) is 1. The monoisotopic (exact) mass is 909 g/mol. The van der Waals surface area contributed by atoms with Crippen LogP contribution >= 0.6 is 35.2 Å². The van der Waals surface area contributed by atoms with Crippen LogP contribution in [0.1, 0.15) is 65.5 Å². The highest BCUT2D eigenvalue weighted by Crippen LogP contribution is 2.61. The third-order valence-electron chi connectivity index (χ3n) is 8.31. The van der Waals surface area contributed by atoms with Gasteiger partial charge in [0, 0.05) is 37.1 Å². The van der Waals surface area contributed by atoms with Gasteiger partial charge in [-0.3, -0.25) is 32.5 Å². The Morgan fingerprint density at radius 3 is 2.40 bits per heavy atom. The first-order valence-electron chi connectivity index (χ1n) is 17.7. The number of anilines is 1. The molecule has 1 aliphatic heterocycles. The minimum Gasteiger partial charge on any atom is -0.393 e. The Morgan fingerprint density at radius 2 is 1.72 bits per heavy atom. The fourth-order valence-corrected chi connectivity index (χ4v) is 8.85. The van der Waals surface area contributed by atoms with Crippen molar-refractivity contribution in [2.24, 2.45) is 5.41 Å². The van der Waals surface area contributed by atoms with E-state index < -0.39 is 90.7 Å². The average molecular weight is 910 g/mol. The molecule has 0 bridgehead atoms. The van der Waals surface area contributed by atoms with E-state index >= 15 is 0 Å². The lowest BCUT2D eigenvalue weighted by molar-refractivity contribution is -0.137. The van der Waals surface area contributed by atoms with Crippen molar-refractivity contribution >= 4 is 69.1 Å². The molecule has 1 aliphatic rings. The molecule has 0 spiro atoms. The van der Waals surface area contributed by atoms with E-state index in [9.17, 15) is 63.0 Å². The van der Waals surface area contributed by atoms with E-state index in [1.54, 1.807) is 0 Å². The topological polar surface area (TPSA) is 384 Å². The van der Waals surface area contributed by atoms with Crippen LogP contribution in [-0.4, -0.2) is 134 Å². The van der Waals surface area contributed by atoms with Crippen molar-refractivity contribution in [3.8, 4) is 0 Å². The number of ether oxygens (including phenoxy) is 1. The molecule has 2 aromatic heterocycles. The van der Waals surface area contributed by atoms with Crippen molar-refractivity contribution in [1.29, 1.82) is 0 Å². The number of thioether (sulfide) groups is 1. The van der Waals surface area contributed by atoms with Crippen LogP contribution in [0.4, 0.5) is 5.82 Å². The molecule has 0 saturated carbocycles. The third-order valence-corrected chi connectivity index (χ3v) is 12.3. The van der Waals surface area contributed by atoms with Crippen molar-refractivity contribution in [2.75, 3.05) is 37.8 Å². The summed E-state index contributed by atoms with van der Waals surface area (Å²) in [6.45, 7) is 2.42. The molecule has 1 fully saturated rings. The number of phosphoric ester groups is 3. The Kier molecular flexibility index (Phi) is 18.8. The number of rotatable bonds is 25. The summed E-state index contributed by atoms with van der Waals surface area (Å²) in [5.41, 5.74) is 4.24. The maximum atomic E-state index is 12.7. The van der Waals surface area contributed by atoms with Gasteiger partial charge in [-0.1, -0.05) is 51.8 Å². The highest BCUT2D eigenvalue weighted by molar-refractivity contribution is 8.13. The molecule has 3 unspecified atom stereocenters. The number of nitrogens with zero attached hydrogens (tertiary/aromatic N) is 4. The van der Waals surface area contributed by atoms with Crippen molar-refractivity contribution in [3.63, 3.8) is 0 Å². The molecule has 25 nitrogen and oxygen atoms in total. The molecule has 58 heavy (non-hydrogen) atoms. The summed E-state index contributed by atoms with van der Waals surface area (Å²) < 4.78 is 62.1. The number of carbonyl (C=O) groups excluding carboxylic acids is 3. The number of nitrogens with one attached hydrogen (secondary N) is 2. The Bertz CT molecular complexity index is 1850. The molecule has 8 atom stereocenters. The minimum absolute atomic E-state index is 0.0181. The molecule has 0 aromatic carbocycles. The SMILES string of the molecule is CCCCC[C@H](O)CC(=O)SCCNC(=O)CCNC(=O)C(O)C(C)(C)COP(=O)(O)OP(=O)(O)OC[C@H]1O[C@@H](n2cnc3c(N)ncnc32)[C@H](O)[C@@H]1OP(=O)(O)O. The van der Waals surface area contributed by atoms with E-state index in [1.807, 2.05) is 6.92 Å². The fourth-order valence-electron chi connectivity index (χ4n) is 5.28. The largest absolute Gasteiger partial charge is 0.481 e. The Morgan fingerprint density at radius 1 is 1.03 bits per heavy atom. The van der Waals surface area contributed by atoms with Crippen LogP contribution in [0.3, 0.4) is 0 Å². The van der Waals surface area contributed by atoms with E-state index in [-0.39, 0.29) is 53.8 Å². The Balaban J connectivity index is 1.45. The van der Waals surface area contributed by atoms with E-state index in [0.717, 1.165) is 48.2 Å². The van der Waals surface area contributed by atoms with Crippen molar-refractivity contribution < 1.29 is 85.6 Å². The van der Waals surface area contributed by atoms with Crippen molar-refractivity contribution in [1.82, 2.24) is 30.2 Å². The zero-order valence-electron chi connectivity index (χ0n) is 31.6. The van der Waals surface area contributed by atoms with Gasteiger partial charge in [0.2, 0.25) is 11.8 Å². The Hall–Kier alpha value is -2.48. The zero-order valence-corrected chi connectivity index (χ0v) is 35.1. The van der Waals surface area contributed by atoms with Gasteiger partial charge in [-0.05, 0) is 6.42 Å². The van der Waals surface area contributed by atoms with Gasteiger partial charge in [-0.15, -0.1) is 0 Å². The molecule has 1 saturated heterocycles. The first-order valence-corrected chi connectivity index (χ1v) is 23.2. The van der Waals surface area contributed by atoms with Gasteiger partial charge in [0.25, 0.3) is 0 Å². The second-order valence-corrected chi connectivity index (χ2v) is 19.0. The van der Waals surface area contributed by atoms with Crippen LogP contribution in [0.15, 0.2) is 12.7 Å². The molecule has 2 amide bonds. The quantitative estimate of drug-likeness (QED) is 0.0463. The van der Waals surface area contributed by atoms with Crippen LogP contribution in [0.5, 0.6) is 0 Å². The predicted octanol–water partition coefficient (Wildman–Crippen LogP) is -0.00400. The number of hydrogen-bond donors (Lipinski definition) is 10. The molecule has 2 aromatic rings. The molecular weight excluding hydrogens is 859 g/mol. The summed E-state index contributed by atoms with van der Waals surface area (Å²) in [6.07, 6.45) is -4.33. The summed E-state index contributed by atoms with van der Waals surface area (Å²) >= 11 is 0.978. The highest BCUT2D eigenvalue weighted by atomic mass is 32.2. The van der Waals surface area contributed by atoms with Gasteiger partial charge in [0.15, 0.2) is 22.8 Å². The molecule has 3 heterocycles. The van der Waals surface area contributed by atoms with Gasteiger partial charge in [-0.2, -0.15) is 4.31 Å². The van der Waals surface area contributed by atoms with Crippen LogP contribution in [0, 0.1) is 5.41 Å². The molecule has 0 radical (unpaired) electrons. The van der Waals surface area contributed by atoms with Gasteiger partial charge in [-0.25, -0.2) is 28.6 Å². The van der Waals surface area contributed by atoms with Crippen LogP contribution in [0.2, 0.25) is 0 Å². The van der Waals surface area contributed by atoms with Crippen molar-refractivity contribution in [3.05, 3.63) is 12.7 Å². The standard InChI is InChI=1S/C29H50N7O18P3S/c1-4-5-6-7-17(37)12-20(39)58-11-10-31-19(38)8-9-32-27(42)24(41)29(2,3)14-51-57(48,49)54-56(46,47)50-13-18-23(53-55(43,44)45)22(40)28(52-18)36-16-35-21-25(30)33-15-34-26(21)36/h15-18,22-24,28,37,40-41H,4-14H2,1-3H3,(H,31,38)(H,32,42)(H,46,47)(H,48,49)(H2,30,33,34)(H2,43,44,45)/t17-,18+,22+,23+,24?,28+/m0/s1. The second kappa shape index (κ2) is 21.9. The summed E-state index contributed by atoms with van der Waals surface area (Å²) in [5, 5.41) is 36.1. The second-order valence-electron chi connectivity index (χ2n) is 13.6. The lowest BCUT2D eigenvalue weighted by Gasteiger charge is -2.30. The zero-order chi connectivity index (χ0) is 43.5. The van der Waals surface area contributed by atoms with E-state index in [4.69, 9.17) is 19.5 Å². The lowest BCUT2D eigenvalue weighted by atomic mass is 9.87. The molecular formula is C29H50N7O18P3S. The number of aromatic nitrogens is 4. The summed E-state index contributed by atoms with van der Waals surface area (Å²) in [7, 11) is -16.4. The summed E-state index contributed by atoms with van der Waals surface area (Å²) in [4.78, 5) is 87.7. The summed E-state index contributed by atoms with van der Waals surface area (Å²) in [6, 6.07) is 0. The lowest BCUT2D eigenvalue weighted by Crippen LogP contribution is -2.46. The van der Waals surface area contributed by atoms with Gasteiger partial charge < -0.3 is 56.0 Å². The number of phosphoric acid groups is 3. The number of imidazole rings is 1. The van der Waals surface area contributed by atoms with Gasteiger partial charge >= 0.3 is 23.5 Å². The van der Waals surface area contributed by atoms with Crippen molar-refractivity contribution in [2.45, 2.75) is 96.0 Å². The van der Waals surface area contributed by atoms with Crippen LogP contribution < -0.4 is 16.4 Å². The molecule has 0 aliphatic carbocycles. The number of carbonyl (C=O) groups is 3. The first kappa shape index (κ1) is 49.9.